The fourth-order valence-corrected chi connectivity index (χ4v) is 1.79. The number of hydrogen-bond donors (Lipinski definition) is 2. The molecule has 5 nitrogen and oxygen atoms in total. The van der Waals surface area contributed by atoms with E-state index < -0.39 is 0 Å². The average molecular weight is 305 g/mol. The van der Waals surface area contributed by atoms with Gasteiger partial charge in [-0.05, 0) is 52.3 Å². The molecule has 0 amide bonds. The highest BCUT2D eigenvalue weighted by molar-refractivity contribution is 5.89. The molecule has 0 aliphatic rings. The first-order valence-electron chi connectivity index (χ1n) is 7.68. The van der Waals surface area contributed by atoms with Gasteiger partial charge in [0, 0.05) is 12.1 Å². The lowest BCUT2D eigenvalue weighted by Crippen LogP contribution is -2.47. The normalized spacial score (nSPS) is 12.0. The number of aliphatic imine (C=N–C) groups is 1. The number of nitrogens with zero attached hydrogens (tertiary/aromatic N) is 1. The molecule has 0 fully saturated rings. The van der Waals surface area contributed by atoms with Crippen molar-refractivity contribution in [2.45, 2.75) is 46.7 Å². The molecule has 0 unspecified atom stereocenters. The van der Waals surface area contributed by atoms with E-state index in [0.29, 0.717) is 18.7 Å². The van der Waals surface area contributed by atoms with Gasteiger partial charge >= 0.3 is 5.97 Å². The molecule has 22 heavy (non-hydrogen) atoms. The van der Waals surface area contributed by atoms with Crippen LogP contribution in [0.3, 0.4) is 0 Å². The van der Waals surface area contributed by atoms with E-state index in [1.807, 2.05) is 19.1 Å². The number of rotatable bonds is 5. The maximum absolute atomic E-state index is 11.6. The summed E-state index contributed by atoms with van der Waals surface area (Å²) >= 11 is 0. The number of esters is 1. The predicted octanol–water partition coefficient (Wildman–Crippen LogP) is 2.72. The predicted molar refractivity (Wildman–Crippen MR) is 90.1 cm³/mol. The first kappa shape index (κ1) is 18.0. The second-order valence-electron chi connectivity index (χ2n) is 5.99. The summed E-state index contributed by atoms with van der Waals surface area (Å²) in [6.07, 6.45) is 0. The minimum absolute atomic E-state index is 0.0469. The van der Waals surface area contributed by atoms with Crippen molar-refractivity contribution < 1.29 is 9.53 Å². The molecule has 5 heteroatoms. The van der Waals surface area contributed by atoms with Gasteiger partial charge in [0.2, 0.25) is 0 Å². The Morgan fingerprint density at radius 1 is 1.18 bits per heavy atom. The van der Waals surface area contributed by atoms with E-state index in [-0.39, 0.29) is 11.5 Å². The topological polar surface area (TPSA) is 62.7 Å². The van der Waals surface area contributed by atoms with Crippen LogP contribution >= 0.6 is 0 Å². The first-order chi connectivity index (χ1) is 10.4. The first-order valence-corrected chi connectivity index (χ1v) is 7.68. The molecule has 0 aromatic heterocycles. The van der Waals surface area contributed by atoms with E-state index in [2.05, 4.69) is 36.4 Å². The van der Waals surface area contributed by atoms with E-state index in [1.54, 1.807) is 19.1 Å². The molecule has 0 heterocycles. The Bertz CT molecular complexity index is 502. The summed E-state index contributed by atoms with van der Waals surface area (Å²) in [4.78, 5) is 16.2. The van der Waals surface area contributed by atoms with E-state index in [4.69, 9.17) is 4.74 Å². The highest BCUT2D eigenvalue weighted by Crippen LogP contribution is 2.07. The zero-order chi connectivity index (χ0) is 16.6. The summed E-state index contributed by atoms with van der Waals surface area (Å²) in [6.45, 7) is 11.9. The SMILES string of the molecule is CCNC(=NCc1ccc(C(=O)OCC)cc1)NC(C)(C)C. The van der Waals surface area contributed by atoms with Crippen LogP contribution in [0.25, 0.3) is 0 Å². The number of guanidine groups is 1. The van der Waals surface area contributed by atoms with E-state index in [0.717, 1.165) is 18.1 Å². The molecular weight excluding hydrogens is 278 g/mol. The van der Waals surface area contributed by atoms with Crippen LogP contribution in [-0.4, -0.2) is 30.6 Å². The largest absolute Gasteiger partial charge is 0.462 e. The lowest BCUT2D eigenvalue weighted by Gasteiger charge is -2.23. The number of carbonyl (C=O) groups excluding carboxylic acids is 1. The van der Waals surface area contributed by atoms with Crippen LogP contribution in [0.4, 0.5) is 0 Å². The minimum atomic E-state index is -0.291. The molecule has 0 saturated heterocycles. The fourth-order valence-electron chi connectivity index (χ4n) is 1.79. The summed E-state index contributed by atoms with van der Waals surface area (Å²) < 4.78 is 4.97. The van der Waals surface area contributed by atoms with Crippen molar-refractivity contribution >= 4 is 11.9 Å². The fraction of sp³-hybridized carbons (Fsp3) is 0.529. The quantitative estimate of drug-likeness (QED) is 0.499. The molecular formula is C17H27N3O2. The smallest absolute Gasteiger partial charge is 0.338 e. The lowest BCUT2D eigenvalue weighted by molar-refractivity contribution is 0.0526. The van der Waals surface area contributed by atoms with Gasteiger partial charge in [0.05, 0.1) is 18.7 Å². The number of benzene rings is 1. The third-order valence-electron chi connectivity index (χ3n) is 2.72. The van der Waals surface area contributed by atoms with Crippen molar-refractivity contribution in [2.75, 3.05) is 13.2 Å². The highest BCUT2D eigenvalue weighted by Gasteiger charge is 2.11. The Morgan fingerprint density at radius 2 is 1.82 bits per heavy atom. The molecule has 1 rings (SSSR count). The monoisotopic (exact) mass is 305 g/mol. The van der Waals surface area contributed by atoms with Crippen molar-refractivity contribution in [3.63, 3.8) is 0 Å². The van der Waals surface area contributed by atoms with Crippen LogP contribution in [0.15, 0.2) is 29.3 Å². The summed E-state index contributed by atoms with van der Waals surface area (Å²) in [7, 11) is 0. The summed E-state index contributed by atoms with van der Waals surface area (Å²) in [5.74, 6) is 0.491. The van der Waals surface area contributed by atoms with Crippen LogP contribution < -0.4 is 10.6 Å². The zero-order valence-electron chi connectivity index (χ0n) is 14.2. The number of hydrogen-bond acceptors (Lipinski definition) is 3. The van der Waals surface area contributed by atoms with Gasteiger partial charge < -0.3 is 15.4 Å². The van der Waals surface area contributed by atoms with Crippen LogP contribution in [0.1, 0.15) is 50.5 Å². The van der Waals surface area contributed by atoms with Crippen LogP contribution in [-0.2, 0) is 11.3 Å². The lowest BCUT2D eigenvalue weighted by atomic mass is 10.1. The second kappa shape index (κ2) is 8.41. The summed E-state index contributed by atoms with van der Waals surface area (Å²) in [5, 5.41) is 6.56. The third kappa shape index (κ3) is 6.61. The Balaban J connectivity index is 2.72. The Hall–Kier alpha value is -2.04. The molecule has 1 aromatic carbocycles. The van der Waals surface area contributed by atoms with Crippen molar-refractivity contribution in [3.05, 3.63) is 35.4 Å². The molecule has 2 N–H and O–H groups in total. The Labute approximate surface area is 133 Å². The number of ether oxygens (including phenoxy) is 1. The second-order valence-corrected chi connectivity index (χ2v) is 5.99. The van der Waals surface area contributed by atoms with Gasteiger partial charge in [-0.1, -0.05) is 12.1 Å². The van der Waals surface area contributed by atoms with E-state index >= 15 is 0 Å². The van der Waals surface area contributed by atoms with Crippen LogP contribution in [0.2, 0.25) is 0 Å². The van der Waals surface area contributed by atoms with Crippen molar-refractivity contribution in [3.8, 4) is 0 Å². The summed E-state index contributed by atoms with van der Waals surface area (Å²) in [6, 6.07) is 7.34. The molecule has 0 spiro atoms. The van der Waals surface area contributed by atoms with Crippen molar-refractivity contribution in [1.29, 1.82) is 0 Å². The van der Waals surface area contributed by atoms with Gasteiger partial charge in [0.15, 0.2) is 5.96 Å². The Morgan fingerprint density at radius 3 is 2.32 bits per heavy atom. The molecule has 0 atom stereocenters. The average Bonchev–Trinajstić information content (AvgIpc) is 2.44. The van der Waals surface area contributed by atoms with E-state index in [9.17, 15) is 4.79 Å². The number of nitrogens with one attached hydrogen (secondary N) is 2. The van der Waals surface area contributed by atoms with Gasteiger partial charge in [-0.3, -0.25) is 0 Å². The molecule has 0 saturated carbocycles. The number of carbonyl (C=O) groups is 1. The van der Waals surface area contributed by atoms with Gasteiger partial charge in [0.25, 0.3) is 0 Å². The molecule has 122 valence electrons. The highest BCUT2D eigenvalue weighted by atomic mass is 16.5. The van der Waals surface area contributed by atoms with Crippen LogP contribution in [0, 0.1) is 0 Å². The van der Waals surface area contributed by atoms with Gasteiger partial charge in [0.1, 0.15) is 0 Å². The maximum Gasteiger partial charge on any atom is 0.338 e. The Kier molecular flexibility index (Phi) is 6.89. The molecule has 0 aliphatic carbocycles. The maximum atomic E-state index is 11.6. The van der Waals surface area contributed by atoms with Crippen molar-refractivity contribution in [2.24, 2.45) is 4.99 Å². The standard InChI is InChI=1S/C17H27N3O2/c1-6-18-16(20-17(3,4)5)19-12-13-8-10-14(11-9-13)15(21)22-7-2/h8-11H,6-7,12H2,1-5H3,(H2,18,19,20). The molecule has 1 aromatic rings. The van der Waals surface area contributed by atoms with Gasteiger partial charge in [-0.15, -0.1) is 0 Å². The van der Waals surface area contributed by atoms with E-state index in [1.165, 1.54) is 0 Å². The van der Waals surface area contributed by atoms with Crippen molar-refractivity contribution in [1.82, 2.24) is 10.6 Å². The molecule has 0 aliphatic heterocycles. The molecule has 0 bridgehead atoms. The zero-order valence-corrected chi connectivity index (χ0v) is 14.2. The van der Waals surface area contributed by atoms with Gasteiger partial charge in [-0.2, -0.15) is 0 Å². The third-order valence-corrected chi connectivity index (χ3v) is 2.72. The van der Waals surface area contributed by atoms with Crippen LogP contribution in [0.5, 0.6) is 0 Å². The summed E-state index contributed by atoms with van der Waals surface area (Å²) in [5.41, 5.74) is 1.56. The minimum Gasteiger partial charge on any atom is -0.462 e. The van der Waals surface area contributed by atoms with Gasteiger partial charge in [-0.25, -0.2) is 9.79 Å². The molecule has 0 radical (unpaired) electrons.